The van der Waals surface area contributed by atoms with Crippen molar-refractivity contribution in [2.75, 3.05) is 11.1 Å². The standard InChI is InChI=1S/C14H11BrN4OS/c15-10-4-6-11(7-5-10)16-13(20)9-21-14-18-17-12-3-1-2-8-19(12)14/h1-8H,9H2,(H,16,20). The number of benzene rings is 1. The van der Waals surface area contributed by atoms with Gasteiger partial charge in [-0.15, -0.1) is 10.2 Å². The van der Waals surface area contributed by atoms with Crippen LogP contribution >= 0.6 is 27.7 Å². The smallest absolute Gasteiger partial charge is 0.234 e. The van der Waals surface area contributed by atoms with Crippen LogP contribution in [0.25, 0.3) is 5.65 Å². The first kappa shape index (κ1) is 14.1. The first-order valence-electron chi connectivity index (χ1n) is 6.20. The Labute approximate surface area is 133 Å². The van der Waals surface area contributed by atoms with Gasteiger partial charge < -0.3 is 5.32 Å². The van der Waals surface area contributed by atoms with E-state index in [-0.39, 0.29) is 11.7 Å². The number of amides is 1. The average molecular weight is 363 g/mol. The lowest BCUT2D eigenvalue weighted by Gasteiger charge is -2.04. The number of carbonyl (C=O) groups is 1. The van der Waals surface area contributed by atoms with E-state index in [0.717, 1.165) is 15.8 Å². The number of anilines is 1. The lowest BCUT2D eigenvalue weighted by atomic mass is 10.3. The van der Waals surface area contributed by atoms with E-state index >= 15 is 0 Å². The van der Waals surface area contributed by atoms with E-state index in [1.807, 2.05) is 53.1 Å². The molecule has 21 heavy (non-hydrogen) atoms. The molecule has 0 aliphatic carbocycles. The topological polar surface area (TPSA) is 59.3 Å². The highest BCUT2D eigenvalue weighted by Crippen LogP contribution is 2.18. The zero-order chi connectivity index (χ0) is 14.7. The molecule has 2 heterocycles. The van der Waals surface area contributed by atoms with Gasteiger partial charge in [0.2, 0.25) is 5.91 Å². The monoisotopic (exact) mass is 362 g/mol. The number of rotatable bonds is 4. The predicted molar refractivity (Wildman–Crippen MR) is 86.5 cm³/mol. The van der Waals surface area contributed by atoms with Gasteiger partial charge in [0.25, 0.3) is 0 Å². The van der Waals surface area contributed by atoms with Gasteiger partial charge >= 0.3 is 0 Å². The molecule has 0 aliphatic heterocycles. The number of aromatic nitrogens is 3. The molecule has 0 saturated carbocycles. The van der Waals surface area contributed by atoms with E-state index in [9.17, 15) is 4.79 Å². The van der Waals surface area contributed by atoms with Crippen LogP contribution in [-0.4, -0.2) is 26.3 Å². The van der Waals surface area contributed by atoms with E-state index in [1.165, 1.54) is 11.8 Å². The molecular formula is C14H11BrN4OS. The van der Waals surface area contributed by atoms with Crippen molar-refractivity contribution in [1.29, 1.82) is 0 Å². The fourth-order valence-electron chi connectivity index (χ4n) is 1.78. The van der Waals surface area contributed by atoms with Crippen molar-refractivity contribution >= 4 is 44.9 Å². The summed E-state index contributed by atoms with van der Waals surface area (Å²) in [5, 5.41) is 11.7. The molecule has 2 aromatic heterocycles. The Morgan fingerprint density at radius 3 is 2.81 bits per heavy atom. The van der Waals surface area contributed by atoms with E-state index in [1.54, 1.807) is 0 Å². The molecular weight excluding hydrogens is 352 g/mol. The molecule has 0 aliphatic rings. The molecule has 0 radical (unpaired) electrons. The maximum atomic E-state index is 11.9. The number of pyridine rings is 1. The van der Waals surface area contributed by atoms with Gasteiger partial charge in [-0.25, -0.2) is 0 Å². The number of halogens is 1. The molecule has 5 nitrogen and oxygen atoms in total. The van der Waals surface area contributed by atoms with Gasteiger partial charge in [0.15, 0.2) is 10.8 Å². The Balaban J connectivity index is 1.62. The molecule has 1 N–H and O–H groups in total. The highest BCUT2D eigenvalue weighted by Gasteiger charge is 2.08. The molecule has 1 amide bonds. The molecule has 7 heteroatoms. The molecule has 3 rings (SSSR count). The van der Waals surface area contributed by atoms with Crippen LogP contribution in [0.2, 0.25) is 0 Å². The second kappa shape index (κ2) is 6.28. The second-order valence-electron chi connectivity index (χ2n) is 4.26. The number of fused-ring (bicyclic) bond motifs is 1. The summed E-state index contributed by atoms with van der Waals surface area (Å²) in [7, 11) is 0. The third kappa shape index (κ3) is 3.43. The lowest BCUT2D eigenvalue weighted by molar-refractivity contribution is -0.113. The van der Waals surface area contributed by atoms with E-state index < -0.39 is 0 Å². The molecule has 0 atom stereocenters. The molecule has 106 valence electrons. The summed E-state index contributed by atoms with van der Waals surface area (Å²) in [6, 6.07) is 13.1. The van der Waals surface area contributed by atoms with Gasteiger partial charge in [-0.05, 0) is 36.4 Å². The Hall–Kier alpha value is -1.86. The highest BCUT2D eigenvalue weighted by atomic mass is 79.9. The molecule has 0 unspecified atom stereocenters. The first-order chi connectivity index (χ1) is 10.2. The number of nitrogens with zero attached hydrogens (tertiary/aromatic N) is 3. The minimum atomic E-state index is -0.0741. The third-order valence-corrected chi connectivity index (χ3v) is 4.21. The second-order valence-corrected chi connectivity index (χ2v) is 6.11. The summed E-state index contributed by atoms with van der Waals surface area (Å²) in [6.07, 6.45) is 1.88. The van der Waals surface area contributed by atoms with Gasteiger partial charge in [-0.2, -0.15) is 0 Å². The number of thioether (sulfide) groups is 1. The van der Waals surface area contributed by atoms with Crippen molar-refractivity contribution < 1.29 is 4.79 Å². The molecule has 3 aromatic rings. The van der Waals surface area contributed by atoms with E-state index in [0.29, 0.717) is 5.16 Å². The van der Waals surface area contributed by atoms with Crippen LogP contribution in [-0.2, 0) is 4.79 Å². The van der Waals surface area contributed by atoms with Crippen LogP contribution in [0.1, 0.15) is 0 Å². The van der Waals surface area contributed by atoms with Crippen LogP contribution in [0, 0.1) is 0 Å². The molecule has 0 saturated heterocycles. The number of hydrogen-bond acceptors (Lipinski definition) is 4. The third-order valence-electron chi connectivity index (χ3n) is 2.74. The summed E-state index contributed by atoms with van der Waals surface area (Å²) in [5.74, 6) is 0.209. The fourth-order valence-corrected chi connectivity index (χ4v) is 2.77. The van der Waals surface area contributed by atoms with E-state index in [4.69, 9.17) is 0 Å². The van der Waals surface area contributed by atoms with Crippen molar-refractivity contribution in [3.63, 3.8) is 0 Å². The van der Waals surface area contributed by atoms with Crippen LogP contribution in [0.5, 0.6) is 0 Å². The van der Waals surface area contributed by atoms with Crippen LogP contribution in [0.15, 0.2) is 58.3 Å². The largest absolute Gasteiger partial charge is 0.325 e. The minimum absolute atomic E-state index is 0.0741. The zero-order valence-corrected chi connectivity index (χ0v) is 13.3. The van der Waals surface area contributed by atoms with Crippen LogP contribution in [0.3, 0.4) is 0 Å². The van der Waals surface area contributed by atoms with Crippen LogP contribution in [0.4, 0.5) is 5.69 Å². The van der Waals surface area contributed by atoms with Crippen molar-refractivity contribution in [2.24, 2.45) is 0 Å². The maximum Gasteiger partial charge on any atom is 0.234 e. The number of carbonyl (C=O) groups excluding carboxylic acids is 1. The summed E-state index contributed by atoms with van der Waals surface area (Å²) in [6.45, 7) is 0. The lowest BCUT2D eigenvalue weighted by Crippen LogP contribution is -2.14. The molecule has 1 aromatic carbocycles. The van der Waals surface area contributed by atoms with Crippen molar-refractivity contribution in [3.8, 4) is 0 Å². The maximum absolute atomic E-state index is 11.9. The molecule has 0 bridgehead atoms. The Bertz CT molecular complexity index is 772. The highest BCUT2D eigenvalue weighted by molar-refractivity contribution is 9.10. The molecule has 0 spiro atoms. The first-order valence-corrected chi connectivity index (χ1v) is 7.98. The summed E-state index contributed by atoms with van der Waals surface area (Å²) in [4.78, 5) is 11.9. The number of nitrogens with one attached hydrogen (secondary N) is 1. The Morgan fingerprint density at radius 2 is 2.00 bits per heavy atom. The summed E-state index contributed by atoms with van der Waals surface area (Å²) in [5.41, 5.74) is 1.54. The van der Waals surface area contributed by atoms with Crippen molar-refractivity contribution in [1.82, 2.24) is 14.6 Å². The number of hydrogen-bond donors (Lipinski definition) is 1. The zero-order valence-electron chi connectivity index (χ0n) is 10.9. The quantitative estimate of drug-likeness (QED) is 0.723. The van der Waals surface area contributed by atoms with Gasteiger partial charge in [-0.1, -0.05) is 33.8 Å². The van der Waals surface area contributed by atoms with Crippen LogP contribution < -0.4 is 5.32 Å². The van der Waals surface area contributed by atoms with Gasteiger partial charge in [-0.3, -0.25) is 9.20 Å². The predicted octanol–water partition coefficient (Wildman–Crippen LogP) is 3.22. The van der Waals surface area contributed by atoms with Crippen molar-refractivity contribution in [2.45, 2.75) is 5.16 Å². The van der Waals surface area contributed by atoms with E-state index in [2.05, 4.69) is 31.4 Å². The minimum Gasteiger partial charge on any atom is -0.325 e. The normalized spacial score (nSPS) is 10.7. The van der Waals surface area contributed by atoms with Gasteiger partial charge in [0, 0.05) is 16.4 Å². The SMILES string of the molecule is O=C(CSc1nnc2ccccn12)Nc1ccc(Br)cc1. The fraction of sp³-hybridized carbons (Fsp3) is 0.0714. The van der Waals surface area contributed by atoms with Gasteiger partial charge in [0.05, 0.1) is 5.75 Å². The van der Waals surface area contributed by atoms with Gasteiger partial charge in [0.1, 0.15) is 0 Å². The van der Waals surface area contributed by atoms with Crippen molar-refractivity contribution in [3.05, 3.63) is 53.1 Å². The Morgan fingerprint density at radius 1 is 1.19 bits per heavy atom. The molecule has 0 fully saturated rings. The summed E-state index contributed by atoms with van der Waals surface area (Å²) < 4.78 is 2.84. The summed E-state index contributed by atoms with van der Waals surface area (Å²) >= 11 is 4.71. The average Bonchev–Trinajstić information content (AvgIpc) is 2.91. The Kier molecular flexibility index (Phi) is 4.21.